The van der Waals surface area contributed by atoms with Gasteiger partial charge in [0, 0.05) is 19.2 Å². The average molecular weight is 276 g/mol. The van der Waals surface area contributed by atoms with Gasteiger partial charge in [-0.15, -0.1) is 0 Å². The quantitative estimate of drug-likeness (QED) is 0.774. The third-order valence-electron chi connectivity index (χ3n) is 2.54. The van der Waals surface area contributed by atoms with Crippen LogP contribution in [-0.4, -0.2) is 12.6 Å². The Balaban J connectivity index is 2.07. The molecule has 1 unspecified atom stereocenters. The van der Waals surface area contributed by atoms with Gasteiger partial charge in [0.2, 0.25) is 0 Å². The van der Waals surface area contributed by atoms with Crippen LogP contribution in [0.5, 0.6) is 0 Å². The van der Waals surface area contributed by atoms with Crippen molar-refractivity contribution < 1.29 is 0 Å². The summed E-state index contributed by atoms with van der Waals surface area (Å²) in [6.07, 6.45) is 8.42. The van der Waals surface area contributed by atoms with Crippen LogP contribution in [0.2, 0.25) is 0 Å². The van der Waals surface area contributed by atoms with E-state index >= 15 is 0 Å². The van der Waals surface area contributed by atoms with Crippen LogP contribution < -0.4 is 10.2 Å². The van der Waals surface area contributed by atoms with Crippen molar-refractivity contribution in [3.05, 3.63) is 34.0 Å². The normalized spacial score (nSPS) is 24.7. The molecule has 0 fully saturated rings. The predicted octanol–water partition coefficient (Wildman–Crippen LogP) is 2.58. The molecule has 2 nitrogen and oxygen atoms in total. The molecular formula is C10H12BrClN2. The van der Waals surface area contributed by atoms with Gasteiger partial charge in [-0.05, 0) is 33.8 Å². The van der Waals surface area contributed by atoms with Gasteiger partial charge in [-0.2, -0.15) is 0 Å². The van der Waals surface area contributed by atoms with Gasteiger partial charge in [-0.25, -0.2) is 4.84 Å². The van der Waals surface area contributed by atoms with Crippen molar-refractivity contribution in [2.24, 2.45) is 0 Å². The molecule has 2 N–H and O–H groups in total. The van der Waals surface area contributed by atoms with Crippen LogP contribution in [0, 0.1) is 0 Å². The summed E-state index contributed by atoms with van der Waals surface area (Å²) >= 11 is 8.96. The Kier molecular flexibility index (Phi) is 3.31. The van der Waals surface area contributed by atoms with Gasteiger partial charge in [0.15, 0.2) is 0 Å². The van der Waals surface area contributed by atoms with E-state index in [1.165, 1.54) is 15.6 Å². The van der Waals surface area contributed by atoms with Gasteiger partial charge in [0.05, 0.1) is 6.04 Å². The molecular weight excluding hydrogens is 263 g/mol. The molecule has 14 heavy (non-hydrogen) atoms. The highest BCUT2D eigenvalue weighted by atomic mass is 79.9. The zero-order valence-corrected chi connectivity index (χ0v) is 10.0. The maximum atomic E-state index is 5.44. The SMILES string of the molecule is ClNCCC1=CNC2CC(Br)=CC=C12. The molecule has 0 aromatic heterocycles. The zero-order valence-electron chi connectivity index (χ0n) is 7.69. The van der Waals surface area contributed by atoms with Crippen molar-refractivity contribution >= 4 is 27.7 Å². The van der Waals surface area contributed by atoms with Crippen LogP contribution in [0.4, 0.5) is 0 Å². The Bertz CT molecular complexity index is 320. The number of nitrogens with one attached hydrogen (secondary N) is 2. The molecule has 0 amide bonds. The van der Waals surface area contributed by atoms with E-state index in [2.05, 4.69) is 44.4 Å². The second kappa shape index (κ2) is 4.51. The Morgan fingerprint density at radius 1 is 1.57 bits per heavy atom. The molecule has 1 aliphatic carbocycles. The third-order valence-corrected chi connectivity index (χ3v) is 3.31. The number of hydrogen-bond acceptors (Lipinski definition) is 2. The van der Waals surface area contributed by atoms with E-state index in [-0.39, 0.29) is 0 Å². The molecule has 0 aromatic carbocycles. The Hall–Kier alpha value is -0.250. The summed E-state index contributed by atoms with van der Waals surface area (Å²) in [6, 6.07) is 0.458. The van der Waals surface area contributed by atoms with Crippen LogP contribution in [0.3, 0.4) is 0 Å². The molecule has 76 valence electrons. The first-order chi connectivity index (χ1) is 6.81. The predicted molar refractivity (Wildman–Crippen MR) is 63.2 cm³/mol. The fraction of sp³-hybridized carbons (Fsp3) is 0.400. The number of allylic oxidation sites excluding steroid dienone is 2. The summed E-state index contributed by atoms with van der Waals surface area (Å²) in [5.41, 5.74) is 2.76. The van der Waals surface area contributed by atoms with Crippen LogP contribution in [0.25, 0.3) is 0 Å². The first-order valence-electron chi connectivity index (χ1n) is 4.66. The van der Waals surface area contributed by atoms with E-state index in [0.717, 1.165) is 19.4 Å². The van der Waals surface area contributed by atoms with Crippen molar-refractivity contribution in [3.63, 3.8) is 0 Å². The molecule has 2 rings (SSSR count). The molecule has 0 bridgehead atoms. The number of hydrogen-bond donors (Lipinski definition) is 2. The molecule has 0 radical (unpaired) electrons. The molecule has 0 aromatic rings. The third kappa shape index (κ3) is 2.05. The summed E-state index contributed by atoms with van der Waals surface area (Å²) in [6.45, 7) is 0.810. The summed E-state index contributed by atoms with van der Waals surface area (Å²) in [7, 11) is 0. The minimum absolute atomic E-state index is 0.458. The maximum Gasteiger partial charge on any atom is 0.0557 e. The van der Waals surface area contributed by atoms with E-state index in [9.17, 15) is 0 Å². The summed E-state index contributed by atoms with van der Waals surface area (Å²) in [5.74, 6) is 0. The van der Waals surface area contributed by atoms with E-state index < -0.39 is 0 Å². The highest BCUT2D eigenvalue weighted by Crippen LogP contribution is 2.32. The van der Waals surface area contributed by atoms with E-state index in [1.807, 2.05) is 0 Å². The lowest BCUT2D eigenvalue weighted by molar-refractivity contribution is 0.701. The van der Waals surface area contributed by atoms with Crippen LogP contribution in [0.1, 0.15) is 12.8 Å². The molecule has 2 aliphatic rings. The fourth-order valence-corrected chi connectivity index (χ4v) is 2.38. The Morgan fingerprint density at radius 2 is 2.43 bits per heavy atom. The van der Waals surface area contributed by atoms with E-state index in [0.29, 0.717) is 6.04 Å². The van der Waals surface area contributed by atoms with Crippen molar-refractivity contribution in [1.82, 2.24) is 10.2 Å². The zero-order chi connectivity index (χ0) is 9.97. The fourth-order valence-electron chi connectivity index (χ4n) is 1.83. The Morgan fingerprint density at radius 3 is 3.21 bits per heavy atom. The summed E-state index contributed by atoms with van der Waals surface area (Å²) in [5, 5.41) is 3.38. The lowest BCUT2D eigenvalue weighted by Gasteiger charge is -2.18. The van der Waals surface area contributed by atoms with Crippen molar-refractivity contribution in [3.8, 4) is 0 Å². The molecule has 0 saturated heterocycles. The van der Waals surface area contributed by atoms with Gasteiger partial charge in [0.1, 0.15) is 0 Å². The molecule has 1 heterocycles. The average Bonchev–Trinajstić information content (AvgIpc) is 2.57. The van der Waals surface area contributed by atoms with Crippen LogP contribution in [0.15, 0.2) is 34.0 Å². The second-order valence-electron chi connectivity index (χ2n) is 3.46. The molecule has 1 atom stereocenters. The highest BCUT2D eigenvalue weighted by Gasteiger charge is 2.24. The smallest absolute Gasteiger partial charge is 0.0557 e. The van der Waals surface area contributed by atoms with E-state index in [4.69, 9.17) is 11.8 Å². The largest absolute Gasteiger partial charge is 0.383 e. The maximum absolute atomic E-state index is 5.44. The van der Waals surface area contributed by atoms with Crippen molar-refractivity contribution in [2.75, 3.05) is 6.54 Å². The topological polar surface area (TPSA) is 24.1 Å². The molecule has 1 aliphatic heterocycles. The van der Waals surface area contributed by atoms with Gasteiger partial charge < -0.3 is 5.32 Å². The number of fused-ring (bicyclic) bond motifs is 1. The lowest BCUT2D eigenvalue weighted by atomic mass is 9.94. The molecule has 0 saturated carbocycles. The minimum atomic E-state index is 0.458. The van der Waals surface area contributed by atoms with Crippen molar-refractivity contribution in [2.45, 2.75) is 18.9 Å². The number of rotatable bonds is 3. The first-order valence-corrected chi connectivity index (χ1v) is 5.83. The number of halogens is 2. The standard InChI is InChI=1S/C10H12BrClN2/c11-8-1-2-9-7(3-4-14-12)6-13-10(9)5-8/h1-2,6,10,13-14H,3-5H2. The van der Waals surface area contributed by atoms with Crippen LogP contribution >= 0.6 is 27.7 Å². The lowest BCUT2D eigenvalue weighted by Crippen LogP contribution is -2.22. The van der Waals surface area contributed by atoms with Crippen molar-refractivity contribution in [1.29, 1.82) is 0 Å². The second-order valence-corrected chi connectivity index (χ2v) is 4.75. The minimum Gasteiger partial charge on any atom is -0.383 e. The van der Waals surface area contributed by atoms with Crippen LogP contribution in [-0.2, 0) is 0 Å². The first kappa shape index (κ1) is 10.3. The van der Waals surface area contributed by atoms with E-state index in [1.54, 1.807) is 0 Å². The van der Waals surface area contributed by atoms with Gasteiger partial charge >= 0.3 is 0 Å². The monoisotopic (exact) mass is 274 g/mol. The van der Waals surface area contributed by atoms with Gasteiger partial charge in [-0.3, -0.25) is 0 Å². The summed E-state index contributed by atoms with van der Waals surface area (Å²) < 4.78 is 1.25. The highest BCUT2D eigenvalue weighted by molar-refractivity contribution is 9.11. The van der Waals surface area contributed by atoms with Gasteiger partial charge in [-0.1, -0.05) is 28.1 Å². The molecule has 0 spiro atoms. The van der Waals surface area contributed by atoms with Gasteiger partial charge in [0.25, 0.3) is 0 Å². The molecule has 4 heteroatoms. The Labute approximate surface area is 97.3 Å². The summed E-state index contributed by atoms with van der Waals surface area (Å²) in [4.78, 5) is 2.65.